The summed E-state index contributed by atoms with van der Waals surface area (Å²) in [5.41, 5.74) is 17.4. The number of hydrogen-bond acceptors (Lipinski definition) is 1. The van der Waals surface area contributed by atoms with E-state index in [-0.39, 0.29) is 5.41 Å². The number of nitrogens with zero attached hydrogens (tertiary/aromatic N) is 1. The molecule has 9 rings (SSSR count). The van der Waals surface area contributed by atoms with Crippen molar-refractivity contribution in [2.45, 2.75) is 90.4 Å². The van der Waals surface area contributed by atoms with Gasteiger partial charge in [-0.15, -0.1) is 0 Å². The Kier molecular flexibility index (Phi) is 11.4. The van der Waals surface area contributed by atoms with E-state index in [0.717, 1.165) is 0 Å². The van der Waals surface area contributed by atoms with Crippen LogP contribution in [0.15, 0.2) is 164 Å². The first-order valence-electron chi connectivity index (χ1n) is 22.7. The molecule has 1 nitrogen and oxygen atoms in total. The number of hydrogen-bond donors (Lipinski definition) is 0. The number of unbranched alkanes of at least 4 members (excludes halogenated alkanes) is 6. The van der Waals surface area contributed by atoms with E-state index in [4.69, 9.17) is 0 Å². The van der Waals surface area contributed by atoms with Crippen LogP contribution >= 0.6 is 0 Å². The molecule has 300 valence electrons. The van der Waals surface area contributed by atoms with Crippen molar-refractivity contribution in [3.8, 4) is 44.5 Å². The molecule has 0 amide bonds. The van der Waals surface area contributed by atoms with Gasteiger partial charge in [-0.25, -0.2) is 0 Å². The van der Waals surface area contributed by atoms with Crippen LogP contribution in [0.4, 0.5) is 11.4 Å². The van der Waals surface area contributed by atoms with E-state index in [2.05, 4.69) is 197 Å². The van der Waals surface area contributed by atoms with Crippen LogP contribution in [0.3, 0.4) is 0 Å². The molecule has 1 aliphatic carbocycles. The van der Waals surface area contributed by atoms with E-state index in [1.54, 1.807) is 11.1 Å². The maximum Gasteiger partial charge on any atom is 0.0411 e. The number of rotatable bonds is 15. The Balaban J connectivity index is 1.05. The molecule has 0 bridgehead atoms. The zero-order valence-electron chi connectivity index (χ0n) is 36.1. The second kappa shape index (κ2) is 17.4. The first-order chi connectivity index (χ1) is 29.5. The predicted molar refractivity (Wildman–Crippen MR) is 261 cm³/mol. The molecule has 1 heteroatoms. The summed E-state index contributed by atoms with van der Waals surface area (Å²) < 4.78 is 0. The lowest BCUT2D eigenvalue weighted by Gasteiger charge is -2.33. The van der Waals surface area contributed by atoms with Crippen molar-refractivity contribution in [1.82, 2.24) is 0 Å². The zero-order chi connectivity index (χ0) is 41.1. The minimum atomic E-state index is 0.0801. The highest BCUT2D eigenvalue weighted by molar-refractivity contribution is 6.21. The Labute approximate surface area is 358 Å². The first-order valence-corrected chi connectivity index (χ1v) is 22.7. The molecule has 0 fully saturated rings. The summed E-state index contributed by atoms with van der Waals surface area (Å²) in [7, 11) is 2.24. The number of anilines is 2. The molecule has 1 aliphatic rings. The van der Waals surface area contributed by atoms with Crippen molar-refractivity contribution in [2.24, 2.45) is 0 Å². The Morgan fingerprint density at radius 2 is 0.917 bits per heavy atom. The summed E-state index contributed by atoms with van der Waals surface area (Å²) in [5.74, 6) is 0. The second-order valence-corrected chi connectivity index (χ2v) is 17.4. The third-order valence-electron chi connectivity index (χ3n) is 13.5. The topological polar surface area (TPSA) is 3.24 Å². The summed E-state index contributed by atoms with van der Waals surface area (Å²) in [6, 6.07) is 61.8. The van der Waals surface area contributed by atoms with Crippen molar-refractivity contribution in [3.05, 3.63) is 180 Å². The second-order valence-electron chi connectivity index (χ2n) is 17.4. The van der Waals surface area contributed by atoms with Crippen molar-refractivity contribution in [3.63, 3.8) is 0 Å². The summed E-state index contributed by atoms with van der Waals surface area (Å²) in [4.78, 5) is 2.39. The van der Waals surface area contributed by atoms with Crippen LogP contribution in [0.1, 0.15) is 94.7 Å². The zero-order valence-corrected chi connectivity index (χ0v) is 36.1. The first kappa shape index (κ1) is 39.5. The van der Waals surface area contributed by atoms with Crippen LogP contribution in [0.25, 0.3) is 66.1 Å². The van der Waals surface area contributed by atoms with Crippen molar-refractivity contribution < 1.29 is 0 Å². The van der Waals surface area contributed by atoms with E-state index < -0.39 is 0 Å². The van der Waals surface area contributed by atoms with E-state index in [1.165, 1.54) is 147 Å². The molecule has 0 aliphatic heterocycles. The minimum absolute atomic E-state index is 0.0801. The lowest BCUT2D eigenvalue weighted by molar-refractivity contribution is 0.401. The molecule has 0 saturated heterocycles. The van der Waals surface area contributed by atoms with Gasteiger partial charge in [0.05, 0.1) is 0 Å². The molecule has 0 atom stereocenters. The number of aryl methyl sites for hydroxylation is 1. The molecule has 0 aromatic heterocycles. The van der Waals surface area contributed by atoms with Crippen molar-refractivity contribution >= 4 is 32.9 Å². The largest absolute Gasteiger partial charge is 0.345 e. The van der Waals surface area contributed by atoms with Gasteiger partial charge in [-0.3, -0.25) is 0 Å². The lowest BCUT2D eigenvalue weighted by Crippen LogP contribution is -2.26. The van der Waals surface area contributed by atoms with Crippen LogP contribution in [0.2, 0.25) is 0 Å². The van der Waals surface area contributed by atoms with Crippen LogP contribution in [-0.2, 0) is 5.41 Å². The molecule has 0 heterocycles. The molecule has 0 unspecified atom stereocenters. The van der Waals surface area contributed by atoms with Crippen molar-refractivity contribution in [2.75, 3.05) is 11.9 Å². The van der Waals surface area contributed by atoms with Gasteiger partial charge in [-0.1, -0.05) is 204 Å². The van der Waals surface area contributed by atoms with Gasteiger partial charge < -0.3 is 4.90 Å². The summed E-state index contributed by atoms with van der Waals surface area (Å²) in [5, 5.41) is 5.14. The van der Waals surface area contributed by atoms with Gasteiger partial charge in [0.2, 0.25) is 0 Å². The Bertz CT molecular complexity index is 2700. The quantitative estimate of drug-likeness (QED) is 0.0740. The standard InChI is InChI=1S/C59H59N/c1-5-7-9-17-37-59(38-18-10-8-6-2)55-30-16-15-25-49(55)50-36-35-48(41-56(50)59)60(4)47-33-31-43(32-34-47)44-22-20-24-46(40-44)58-53-28-13-11-26-51(53)57(45-23-19-21-42(3)39-45)52-27-12-14-29-54(52)58/h11-16,19-36,39-41H,5-10,17-18,37-38H2,1-4H3. The van der Waals surface area contributed by atoms with Gasteiger partial charge in [-0.2, -0.15) is 0 Å². The molecule has 0 radical (unpaired) electrons. The van der Waals surface area contributed by atoms with Crippen LogP contribution in [0.5, 0.6) is 0 Å². The predicted octanol–water partition coefficient (Wildman–Crippen LogP) is 17.3. The van der Waals surface area contributed by atoms with E-state index in [1.807, 2.05) is 0 Å². The van der Waals surface area contributed by atoms with Gasteiger partial charge in [-0.05, 0) is 127 Å². The van der Waals surface area contributed by atoms with E-state index in [9.17, 15) is 0 Å². The molecule has 0 spiro atoms. The highest BCUT2D eigenvalue weighted by atomic mass is 15.1. The molecule has 8 aromatic rings. The maximum absolute atomic E-state index is 2.55. The lowest BCUT2D eigenvalue weighted by atomic mass is 9.70. The molecule has 60 heavy (non-hydrogen) atoms. The third-order valence-corrected chi connectivity index (χ3v) is 13.5. The van der Waals surface area contributed by atoms with Gasteiger partial charge in [0.25, 0.3) is 0 Å². The van der Waals surface area contributed by atoms with E-state index >= 15 is 0 Å². The van der Waals surface area contributed by atoms with E-state index in [0.29, 0.717) is 0 Å². The molecule has 0 saturated carbocycles. The highest BCUT2D eigenvalue weighted by Crippen LogP contribution is 2.55. The van der Waals surface area contributed by atoms with Crippen LogP contribution in [-0.4, -0.2) is 7.05 Å². The SMILES string of the molecule is CCCCCCC1(CCCCCC)c2ccccc2-c2ccc(N(C)c3ccc(-c4cccc(-c5c6ccccc6c(-c6cccc(C)c6)c6ccccc56)c4)cc3)cc21. The number of benzene rings is 8. The summed E-state index contributed by atoms with van der Waals surface area (Å²) >= 11 is 0. The average molecular weight is 782 g/mol. The fourth-order valence-electron chi connectivity index (χ4n) is 10.5. The molecular weight excluding hydrogens is 723 g/mol. The molecular formula is C59H59N. The van der Waals surface area contributed by atoms with Gasteiger partial charge in [0, 0.05) is 23.8 Å². The molecule has 8 aromatic carbocycles. The number of fused-ring (bicyclic) bond motifs is 5. The Morgan fingerprint density at radius 3 is 1.52 bits per heavy atom. The summed E-state index contributed by atoms with van der Waals surface area (Å²) in [6.07, 6.45) is 12.8. The Morgan fingerprint density at radius 1 is 0.400 bits per heavy atom. The third kappa shape index (κ3) is 7.34. The molecule has 0 N–H and O–H groups in total. The maximum atomic E-state index is 2.55. The normalized spacial score (nSPS) is 12.8. The van der Waals surface area contributed by atoms with Gasteiger partial charge in [0.15, 0.2) is 0 Å². The van der Waals surface area contributed by atoms with Gasteiger partial charge in [0.1, 0.15) is 0 Å². The summed E-state index contributed by atoms with van der Waals surface area (Å²) in [6.45, 7) is 6.82. The van der Waals surface area contributed by atoms with Crippen LogP contribution in [0, 0.1) is 6.92 Å². The smallest absolute Gasteiger partial charge is 0.0411 e. The van der Waals surface area contributed by atoms with Crippen molar-refractivity contribution in [1.29, 1.82) is 0 Å². The minimum Gasteiger partial charge on any atom is -0.345 e. The fourth-order valence-corrected chi connectivity index (χ4v) is 10.5. The highest BCUT2D eigenvalue weighted by Gasteiger charge is 2.42. The van der Waals surface area contributed by atoms with Gasteiger partial charge >= 0.3 is 0 Å². The van der Waals surface area contributed by atoms with Crippen LogP contribution < -0.4 is 4.90 Å². The Hall–Kier alpha value is -5.92. The average Bonchev–Trinajstić information content (AvgIpc) is 3.56. The fraction of sp³-hybridized carbons (Fsp3) is 0.254. The monoisotopic (exact) mass is 781 g/mol.